The molecule has 0 atom stereocenters. The summed E-state index contributed by atoms with van der Waals surface area (Å²) in [7, 11) is 0. The molecule has 0 aromatic heterocycles. The lowest BCUT2D eigenvalue weighted by Gasteiger charge is -2.18. The summed E-state index contributed by atoms with van der Waals surface area (Å²) in [5, 5.41) is 6.32. The van der Waals surface area contributed by atoms with Crippen molar-refractivity contribution in [1.82, 2.24) is 10.6 Å². The Morgan fingerprint density at radius 3 is 1.78 bits per heavy atom. The van der Waals surface area contributed by atoms with E-state index in [1.54, 1.807) is 0 Å². The van der Waals surface area contributed by atoms with Crippen LogP contribution in [0.3, 0.4) is 0 Å². The molecule has 3 aromatic rings. The van der Waals surface area contributed by atoms with Crippen molar-refractivity contribution in [2.24, 2.45) is 0 Å². The number of rotatable bonds is 6. The summed E-state index contributed by atoms with van der Waals surface area (Å²) in [6, 6.07) is 29.7. The third-order valence-electron chi connectivity index (χ3n) is 4.31. The predicted molar refractivity (Wildman–Crippen MR) is 114 cm³/mol. The third-order valence-corrected chi connectivity index (χ3v) is 4.55. The van der Waals surface area contributed by atoms with Gasteiger partial charge >= 0.3 is 0 Å². The van der Waals surface area contributed by atoms with Gasteiger partial charge in [0.15, 0.2) is 5.11 Å². The van der Waals surface area contributed by atoms with Crippen LogP contribution >= 0.6 is 12.2 Å². The van der Waals surface area contributed by atoms with Crippen LogP contribution in [0.2, 0.25) is 0 Å². The summed E-state index contributed by atoms with van der Waals surface area (Å²) >= 11 is 5.32. The lowest BCUT2D eigenvalue weighted by molar-refractivity contribution is -0.120. The van der Waals surface area contributed by atoms with Crippen molar-refractivity contribution in [3.05, 3.63) is 108 Å². The quantitative estimate of drug-likeness (QED) is 0.640. The molecule has 0 saturated heterocycles. The molecule has 0 spiro atoms. The van der Waals surface area contributed by atoms with Crippen molar-refractivity contribution in [3.63, 3.8) is 0 Å². The molecule has 136 valence electrons. The van der Waals surface area contributed by atoms with Crippen LogP contribution in [-0.4, -0.2) is 17.6 Å². The maximum Gasteiger partial charge on any atom is 0.238 e. The van der Waals surface area contributed by atoms with E-state index < -0.39 is 5.92 Å². The van der Waals surface area contributed by atoms with Gasteiger partial charge < -0.3 is 10.6 Å². The number of carbonyl (C=O) groups is 1. The summed E-state index contributed by atoms with van der Waals surface area (Å²) in [5.74, 6) is -0.536. The van der Waals surface area contributed by atoms with Gasteiger partial charge in [0.25, 0.3) is 0 Å². The normalized spacial score (nSPS) is 10.4. The molecule has 0 aliphatic heterocycles. The predicted octanol–water partition coefficient (Wildman–Crippen LogP) is 4.05. The Hall–Kier alpha value is -2.98. The fourth-order valence-corrected chi connectivity index (χ4v) is 3.18. The highest BCUT2D eigenvalue weighted by Crippen LogP contribution is 2.24. The fraction of sp³-hybridized carbons (Fsp3) is 0.130. The highest BCUT2D eigenvalue weighted by Gasteiger charge is 2.23. The lowest BCUT2D eigenvalue weighted by atomic mass is 9.90. The first-order valence-corrected chi connectivity index (χ1v) is 9.37. The van der Waals surface area contributed by atoms with E-state index in [2.05, 4.69) is 22.8 Å². The third kappa shape index (κ3) is 5.50. The molecule has 0 saturated carbocycles. The largest absolute Gasteiger partial charge is 0.362 e. The van der Waals surface area contributed by atoms with Crippen LogP contribution in [0.25, 0.3) is 0 Å². The van der Waals surface area contributed by atoms with Gasteiger partial charge in [0.1, 0.15) is 0 Å². The van der Waals surface area contributed by atoms with Crippen LogP contribution in [0, 0.1) is 0 Å². The molecule has 2 N–H and O–H groups in total. The number of hydrogen-bond donors (Lipinski definition) is 2. The minimum absolute atomic E-state index is 0.135. The van der Waals surface area contributed by atoms with Gasteiger partial charge in [-0.25, -0.2) is 0 Å². The van der Waals surface area contributed by atoms with E-state index in [4.69, 9.17) is 12.2 Å². The average molecular weight is 375 g/mol. The summed E-state index contributed by atoms with van der Waals surface area (Å²) in [6.07, 6.45) is 0.845. The second-order valence-electron chi connectivity index (χ2n) is 6.24. The van der Waals surface area contributed by atoms with Gasteiger partial charge in [0.2, 0.25) is 5.91 Å². The Labute approximate surface area is 165 Å². The van der Waals surface area contributed by atoms with Crippen molar-refractivity contribution in [1.29, 1.82) is 0 Å². The van der Waals surface area contributed by atoms with Gasteiger partial charge in [-0.05, 0) is 35.3 Å². The van der Waals surface area contributed by atoms with Crippen molar-refractivity contribution in [3.8, 4) is 0 Å². The van der Waals surface area contributed by atoms with Crippen molar-refractivity contribution in [2.45, 2.75) is 12.3 Å². The van der Waals surface area contributed by atoms with E-state index in [1.807, 2.05) is 78.9 Å². The van der Waals surface area contributed by atoms with Crippen LogP contribution in [0.1, 0.15) is 22.6 Å². The van der Waals surface area contributed by atoms with Crippen molar-refractivity contribution < 1.29 is 4.79 Å². The monoisotopic (exact) mass is 374 g/mol. The molecular weight excluding hydrogens is 352 g/mol. The Kier molecular flexibility index (Phi) is 6.72. The standard InChI is InChI=1S/C23H22N2OS/c26-22(25-23(27)24-17-16-18-10-4-1-5-11-18)21(19-12-6-2-7-13-19)20-14-8-3-9-15-20/h1-15,21H,16-17H2,(H2,24,25,26,27). The van der Waals surface area contributed by atoms with Gasteiger partial charge in [-0.2, -0.15) is 0 Å². The highest BCUT2D eigenvalue weighted by molar-refractivity contribution is 7.80. The Morgan fingerprint density at radius 2 is 1.26 bits per heavy atom. The Morgan fingerprint density at radius 1 is 0.778 bits per heavy atom. The number of hydrogen-bond acceptors (Lipinski definition) is 2. The molecule has 1 amide bonds. The summed E-state index contributed by atoms with van der Waals surface area (Å²) in [5.41, 5.74) is 3.10. The van der Waals surface area contributed by atoms with Crippen LogP contribution in [0.4, 0.5) is 0 Å². The van der Waals surface area contributed by atoms with Crippen molar-refractivity contribution in [2.75, 3.05) is 6.54 Å². The first-order chi connectivity index (χ1) is 13.2. The molecule has 0 aliphatic carbocycles. The number of thiocarbonyl (C=S) groups is 1. The molecule has 0 heterocycles. The second kappa shape index (κ2) is 9.64. The molecule has 0 radical (unpaired) electrons. The van der Waals surface area contributed by atoms with Gasteiger partial charge in [0.05, 0.1) is 5.92 Å². The van der Waals surface area contributed by atoms with Crippen LogP contribution in [-0.2, 0) is 11.2 Å². The summed E-state index contributed by atoms with van der Waals surface area (Å²) < 4.78 is 0. The smallest absolute Gasteiger partial charge is 0.238 e. The molecule has 3 rings (SSSR count). The first-order valence-electron chi connectivity index (χ1n) is 8.96. The SMILES string of the molecule is O=C(NC(=S)NCCc1ccccc1)C(c1ccccc1)c1ccccc1. The Bertz CT molecular complexity index is 827. The zero-order valence-corrected chi connectivity index (χ0v) is 15.8. The molecular formula is C23H22N2OS. The van der Waals surface area contributed by atoms with Crippen LogP contribution in [0.15, 0.2) is 91.0 Å². The van der Waals surface area contributed by atoms with Crippen molar-refractivity contribution >= 4 is 23.2 Å². The average Bonchev–Trinajstić information content (AvgIpc) is 2.70. The maximum atomic E-state index is 12.9. The van der Waals surface area contributed by atoms with Gasteiger partial charge in [-0.1, -0.05) is 91.0 Å². The van der Waals surface area contributed by atoms with Gasteiger partial charge in [-0.15, -0.1) is 0 Å². The number of nitrogens with one attached hydrogen (secondary N) is 2. The minimum Gasteiger partial charge on any atom is -0.362 e. The molecule has 27 heavy (non-hydrogen) atoms. The molecule has 3 aromatic carbocycles. The second-order valence-corrected chi connectivity index (χ2v) is 6.64. The zero-order chi connectivity index (χ0) is 18.9. The molecule has 4 heteroatoms. The van der Waals surface area contributed by atoms with E-state index in [9.17, 15) is 4.79 Å². The first kappa shape index (κ1) is 18.8. The van der Waals surface area contributed by atoms with Gasteiger partial charge in [-0.3, -0.25) is 4.79 Å². The van der Waals surface area contributed by atoms with E-state index in [1.165, 1.54) is 5.56 Å². The number of carbonyl (C=O) groups excluding carboxylic acids is 1. The number of amides is 1. The van der Waals surface area contributed by atoms with E-state index in [0.717, 1.165) is 17.5 Å². The van der Waals surface area contributed by atoms with Crippen LogP contribution in [0.5, 0.6) is 0 Å². The molecule has 0 aliphatic rings. The molecule has 0 fully saturated rings. The molecule has 3 nitrogen and oxygen atoms in total. The topological polar surface area (TPSA) is 41.1 Å². The molecule has 0 bridgehead atoms. The summed E-state index contributed by atoms with van der Waals surface area (Å²) in [4.78, 5) is 12.9. The lowest BCUT2D eigenvalue weighted by Crippen LogP contribution is -2.42. The zero-order valence-electron chi connectivity index (χ0n) is 15.0. The fourth-order valence-electron chi connectivity index (χ4n) is 2.98. The van der Waals surface area contributed by atoms with E-state index >= 15 is 0 Å². The van der Waals surface area contributed by atoms with Gasteiger partial charge in [0, 0.05) is 6.54 Å². The minimum atomic E-state index is -0.402. The summed E-state index contributed by atoms with van der Waals surface area (Å²) in [6.45, 7) is 0.671. The molecule has 0 unspecified atom stereocenters. The van der Waals surface area contributed by atoms with E-state index in [0.29, 0.717) is 11.7 Å². The number of benzene rings is 3. The maximum absolute atomic E-state index is 12.9. The highest BCUT2D eigenvalue weighted by atomic mass is 32.1. The van der Waals surface area contributed by atoms with Crippen LogP contribution < -0.4 is 10.6 Å². The Balaban J connectivity index is 1.63. The van der Waals surface area contributed by atoms with E-state index in [-0.39, 0.29) is 5.91 Å².